The maximum absolute atomic E-state index is 12.2. The lowest BCUT2D eigenvalue weighted by molar-refractivity contribution is 0.0600. The van der Waals surface area contributed by atoms with Crippen molar-refractivity contribution in [2.75, 3.05) is 14.2 Å². The molecule has 2 aromatic rings. The van der Waals surface area contributed by atoms with Crippen LogP contribution in [0.5, 0.6) is 5.75 Å². The molecule has 0 unspecified atom stereocenters. The van der Waals surface area contributed by atoms with Crippen molar-refractivity contribution in [1.82, 2.24) is 4.72 Å². The summed E-state index contributed by atoms with van der Waals surface area (Å²) in [6.45, 7) is 0.121. The van der Waals surface area contributed by atoms with Gasteiger partial charge in [-0.25, -0.2) is 17.9 Å². The van der Waals surface area contributed by atoms with Gasteiger partial charge in [0.05, 0.1) is 24.7 Å². The van der Waals surface area contributed by atoms with Crippen molar-refractivity contribution in [2.24, 2.45) is 0 Å². The predicted octanol–water partition coefficient (Wildman–Crippen LogP) is 1.96. The molecule has 0 heterocycles. The Morgan fingerprint density at radius 1 is 1.00 bits per heavy atom. The maximum atomic E-state index is 12.2. The molecule has 23 heavy (non-hydrogen) atoms. The van der Waals surface area contributed by atoms with E-state index < -0.39 is 16.0 Å². The van der Waals surface area contributed by atoms with Gasteiger partial charge in [-0.3, -0.25) is 0 Å². The van der Waals surface area contributed by atoms with Crippen molar-refractivity contribution in [3.63, 3.8) is 0 Å². The van der Waals surface area contributed by atoms with Crippen molar-refractivity contribution in [2.45, 2.75) is 11.4 Å². The molecule has 0 radical (unpaired) electrons. The molecule has 0 fully saturated rings. The number of methoxy groups -OCH3 is 2. The normalized spacial score (nSPS) is 11.0. The Labute approximate surface area is 135 Å². The Kier molecular flexibility index (Phi) is 5.36. The lowest BCUT2D eigenvalue weighted by Gasteiger charge is -2.08. The molecule has 0 aliphatic heterocycles. The largest absolute Gasteiger partial charge is 0.497 e. The van der Waals surface area contributed by atoms with Gasteiger partial charge >= 0.3 is 5.97 Å². The second-order valence-electron chi connectivity index (χ2n) is 4.69. The molecule has 7 heteroatoms. The van der Waals surface area contributed by atoms with Crippen LogP contribution in [-0.4, -0.2) is 28.6 Å². The summed E-state index contributed by atoms with van der Waals surface area (Å²) in [4.78, 5) is 11.5. The van der Waals surface area contributed by atoms with Gasteiger partial charge in [-0.05, 0) is 42.0 Å². The van der Waals surface area contributed by atoms with E-state index in [1.807, 2.05) is 0 Å². The molecule has 122 valence electrons. The summed E-state index contributed by atoms with van der Waals surface area (Å²) < 4.78 is 36.5. The summed E-state index contributed by atoms with van der Waals surface area (Å²) in [5.41, 5.74) is 1.14. The molecule has 2 rings (SSSR count). The first-order valence-corrected chi connectivity index (χ1v) is 8.25. The first-order valence-electron chi connectivity index (χ1n) is 6.77. The maximum Gasteiger partial charge on any atom is 0.337 e. The third-order valence-corrected chi connectivity index (χ3v) is 4.63. The number of rotatable bonds is 6. The minimum absolute atomic E-state index is 0.121. The fourth-order valence-corrected chi connectivity index (χ4v) is 2.91. The zero-order chi connectivity index (χ0) is 16.9. The van der Waals surface area contributed by atoms with E-state index in [2.05, 4.69) is 9.46 Å². The number of benzene rings is 2. The van der Waals surface area contributed by atoms with Gasteiger partial charge in [0.1, 0.15) is 5.75 Å². The van der Waals surface area contributed by atoms with Crippen molar-refractivity contribution in [3.8, 4) is 5.75 Å². The zero-order valence-electron chi connectivity index (χ0n) is 12.8. The molecule has 0 bridgehead atoms. The monoisotopic (exact) mass is 335 g/mol. The van der Waals surface area contributed by atoms with Crippen LogP contribution in [0.2, 0.25) is 0 Å². The molecule has 2 aromatic carbocycles. The second kappa shape index (κ2) is 7.26. The van der Waals surface area contributed by atoms with E-state index in [4.69, 9.17) is 4.74 Å². The highest BCUT2D eigenvalue weighted by Crippen LogP contribution is 2.15. The van der Waals surface area contributed by atoms with E-state index in [1.165, 1.54) is 26.4 Å². The zero-order valence-corrected chi connectivity index (χ0v) is 13.6. The SMILES string of the molecule is COC(=O)c1ccc(CNS(=O)(=O)c2ccc(OC)cc2)cc1. The predicted molar refractivity (Wildman–Crippen MR) is 84.8 cm³/mol. The quantitative estimate of drug-likeness (QED) is 0.816. The number of hydrogen-bond donors (Lipinski definition) is 1. The van der Waals surface area contributed by atoms with Gasteiger partial charge in [-0.2, -0.15) is 0 Å². The third-order valence-electron chi connectivity index (χ3n) is 3.21. The Balaban J connectivity index is 2.05. The molecule has 0 aromatic heterocycles. The molecule has 0 amide bonds. The third kappa shape index (κ3) is 4.30. The summed E-state index contributed by atoms with van der Waals surface area (Å²) in [6, 6.07) is 12.6. The van der Waals surface area contributed by atoms with Crippen LogP contribution in [-0.2, 0) is 21.3 Å². The highest BCUT2D eigenvalue weighted by atomic mass is 32.2. The summed E-state index contributed by atoms with van der Waals surface area (Å²) in [7, 11) is -0.793. The molecule has 0 saturated heterocycles. The molecule has 0 aliphatic carbocycles. The van der Waals surface area contributed by atoms with Crippen LogP contribution in [0.15, 0.2) is 53.4 Å². The highest BCUT2D eigenvalue weighted by Gasteiger charge is 2.14. The first kappa shape index (κ1) is 17.0. The average molecular weight is 335 g/mol. The van der Waals surface area contributed by atoms with Crippen molar-refractivity contribution >= 4 is 16.0 Å². The van der Waals surface area contributed by atoms with Gasteiger partial charge < -0.3 is 9.47 Å². The van der Waals surface area contributed by atoms with E-state index in [1.54, 1.807) is 36.4 Å². The number of nitrogens with one attached hydrogen (secondary N) is 1. The molecule has 0 atom stereocenters. The highest BCUT2D eigenvalue weighted by molar-refractivity contribution is 7.89. The first-order chi connectivity index (χ1) is 11.0. The number of esters is 1. The van der Waals surface area contributed by atoms with Gasteiger partial charge in [0, 0.05) is 6.54 Å². The van der Waals surface area contributed by atoms with Crippen LogP contribution < -0.4 is 9.46 Å². The van der Waals surface area contributed by atoms with Crippen LogP contribution >= 0.6 is 0 Å². The van der Waals surface area contributed by atoms with Gasteiger partial charge in [-0.15, -0.1) is 0 Å². The van der Waals surface area contributed by atoms with Crippen LogP contribution in [0.4, 0.5) is 0 Å². The van der Waals surface area contributed by atoms with Crippen molar-refractivity contribution < 1.29 is 22.7 Å². The lowest BCUT2D eigenvalue weighted by atomic mass is 10.1. The van der Waals surface area contributed by atoms with Crippen LogP contribution in [0.3, 0.4) is 0 Å². The van der Waals surface area contributed by atoms with E-state index in [9.17, 15) is 13.2 Å². The van der Waals surface area contributed by atoms with E-state index in [0.29, 0.717) is 11.3 Å². The Hall–Kier alpha value is -2.38. The summed E-state index contributed by atoms with van der Waals surface area (Å²) in [5.74, 6) is 0.151. The minimum atomic E-state index is -3.61. The average Bonchev–Trinajstić information content (AvgIpc) is 2.60. The van der Waals surface area contributed by atoms with Crippen molar-refractivity contribution in [3.05, 3.63) is 59.7 Å². The molecule has 6 nitrogen and oxygen atoms in total. The van der Waals surface area contributed by atoms with Crippen LogP contribution in [0.25, 0.3) is 0 Å². The standard InChI is InChI=1S/C16H17NO5S/c1-21-14-7-9-15(10-8-14)23(19,20)17-11-12-3-5-13(6-4-12)16(18)22-2/h3-10,17H,11H2,1-2H3. The number of sulfonamides is 1. The number of hydrogen-bond acceptors (Lipinski definition) is 5. The van der Waals surface area contributed by atoms with Gasteiger partial charge in [0.2, 0.25) is 10.0 Å². The molecule has 0 aliphatic rings. The smallest absolute Gasteiger partial charge is 0.337 e. The Morgan fingerprint density at radius 3 is 2.13 bits per heavy atom. The summed E-state index contributed by atoms with van der Waals surface area (Å²) >= 11 is 0. The van der Waals surface area contributed by atoms with Gasteiger partial charge in [0.15, 0.2) is 0 Å². The van der Waals surface area contributed by atoms with E-state index in [0.717, 1.165) is 5.56 Å². The Bertz CT molecular complexity index is 767. The van der Waals surface area contributed by atoms with Crippen molar-refractivity contribution in [1.29, 1.82) is 0 Å². The molecule has 0 saturated carbocycles. The molecular weight excluding hydrogens is 318 g/mol. The summed E-state index contributed by atoms with van der Waals surface area (Å²) in [5, 5.41) is 0. The fraction of sp³-hybridized carbons (Fsp3) is 0.188. The van der Waals surface area contributed by atoms with Gasteiger partial charge in [0.25, 0.3) is 0 Å². The fourth-order valence-electron chi connectivity index (χ4n) is 1.89. The second-order valence-corrected chi connectivity index (χ2v) is 6.46. The van der Waals surface area contributed by atoms with Crippen LogP contribution in [0, 0.1) is 0 Å². The summed E-state index contributed by atoms with van der Waals surface area (Å²) in [6.07, 6.45) is 0. The van der Waals surface area contributed by atoms with Gasteiger partial charge in [-0.1, -0.05) is 12.1 Å². The van der Waals surface area contributed by atoms with E-state index >= 15 is 0 Å². The number of carbonyl (C=O) groups excluding carboxylic acids is 1. The minimum Gasteiger partial charge on any atom is -0.497 e. The molecular formula is C16H17NO5S. The van der Waals surface area contributed by atoms with E-state index in [-0.39, 0.29) is 11.4 Å². The van der Waals surface area contributed by atoms with Crippen LogP contribution in [0.1, 0.15) is 15.9 Å². The number of ether oxygens (including phenoxy) is 2. The molecule has 0 spiro atoms. The Morgan fingerprint density at radius 2 is 1.61 bits per heavy atom. The number of carbonyl (C=O) groups is 1. The lowest BCUT2D eigenvalue weighted by Crippen LogP contribution is -2.23. The topological polar surface area (TPSA) is 81.7 Å². The molecule has 1 N–H and O–H groups in total.